The standard InChI is InChI=1S/C9H21NO3SSi/c1-6-9(15(3,4)5)8(2)7-13-14(10,11)12/h6,8H,7H2,1-5H3,(H2,10,11,12)/b9-6+. The van der Waals surface area contributed by atoms with Gasteiger partial charge in [-0.1, -0.05) is 37.8 Å². The van der Waals surface area contributed by atoms with Crippen molar-refractivity contribution >= 4 is 18.4 Å². The molecule has 2 N–H and O–H groups in total. The number of rotatable bonds is 5. The van der Waals surface area contributed by atoms with Crippen LogP contribution in [0.2, 0.25) is 19.6 Å². The Hall–Kier alpha value is -0.173. The number of hydrogen-bond donors (Lipinski definition) is 1. The van der Waals surface area contributed by atoms with E-state index in [4.69, 9.17) is 5.14 Å². The van der Waals surface area contributed by atoms with Crippen LogP contribution >= 0.6 is 0 Å². The molecule has 90 valence electrons. The molecule has 0 fully saturated rings. The van der Waals surface area contributed by atoms with Gasteiger partial charge in [-0.15, -0.1) is 0 Å². The Morgan fingerprint density at radius 1 is 1.47 bits per heavy atom. The lowest BCUT2D eigenvalue weighted by molar-refractivity contribution is 0.286. The third-order valence-corrected chi connectivity index (χ3v) is 5.17. The van der Waals surface area contributed by atoms with Crippen LogP contribution in [0.5, 0.6) is 0 Å². The maximum absolute atomic E-state index is 10.6. The van der Waals surface area contributed by atoms with Crippen molar-refractivity contribution in [3.8, 4) is 0 Å². The van der Waals surface area contributed by atoms with Crippen molar-refractivity contribution in [2.24, 2.45) is 11.1 Å². The van der Waals surface area contributed by atoms with Gasteiger partial charge in [0.05, 0.1) is 14.7 Å². The molecule has 0 saturated heterocycles. The summed E-state index contributed by atoms with van der Waals surface area (Å²) in [4.78, 5) is 0. The van der Waals surface area contributed by atoms with Crippen molar-refractivity contribution in [2.75, 3.05) is 6.61 Å². The average Bonchev–Trinajstić information content (AvgIpc) is 1.98. The van der Waals surface area contributed by atoms with Crippen LogP contribution in [0.15, 0.2) is 11.3 Å². The zero-order valence-electron chi connectivity index (χ0n) is 10.1. The molecule has 0 heterocycles. The van der Waals surface area contributed by atoms with Gasteiger partial charge in [-0.3, -0.25) is 4.18 Å². The molecule has 4 nitrogen and oxygen atoms in total. The molecule has 0 rings (SSSR count). The van der Waals surface area contributed by atoms with Crippen LogP contribution in [-0.4, -0.2) is 23.1 Å². The minimum absolute atomic E-state index is 0.0972. The summed E-state index contributed by atoms with van der Waals surface area (Å²) in [6.45, 7) is 10.7. The highest BCUT2D eigenvalue weighted by molar-refractivity contribution is 7.84. The fourth-order valence-corrected chi connectivity index (χ4v) is 4.56. The molecule has 15 heavy (non-hydrogen) atoms. The smallest absolute Gasteiger partial charge is 0.258 e. The summed E-state index contributed by atoms with van der Waals surface area (Å²) in [6.07, 6.45) is 2.06. The van der Waals surface area contributed by atoms with Crippen LogP contribution in [0.1, 0.15) is 13.8 Å². The Morgan fingerprint density at radius 2 is 1.93 bits per heavy atom. The molecule has 0 bridgehead atoms. The molecule has 0 aromatic heterocycles. The van der Waals surface area contributed by atoms with Crippen molar-refractivity contribution in [2.45, 2.75) is 33.5 Å². The molecule has 1 atom stereocenters. The minimum Gasteiger partial charge on any atom is -0.258 e. The van der Waals surface area contributed by atoms with Crippen molar-refractivity contribution in [3.05, 3.63) is 11.3 Å². The summed E-state index contributed by atoms with van der Waals surface area (Å²) < 4.78 is 25.9. The van der Waals surface area contributed by atoms with E-state index in [-0.39, 0.29) is 12.5 Å². The van der Waals surface area contributed by atoms with Gasteiger partial charge in [0.1, 0.15) is 0 Å². The summed E-state index contributed by atoms with van der Waals surface area (Å²) in [6, 6.07) is 0. The van der Waals surface area contributed by atoms with E-state index in [1.807, 2.05) is 13.8 Å². The van der Waals surface area contributed by atoms with Gasteiger partial charge >= 0.3 is 10.3 Å². The first-order chi connectivity index (χ1) is 6.58. The van der Waals surface area contributed by atoms with Gasteiger partial charge in [-0.25, -0.2) is 5.14 Å². The molecule has 0 spiro atoms. The Bertz CT molecular complexity index is 330. The molecule has 6 heteroatoms. The maximum Gasteiger partial charge on any atom is 0.333 e. The van der Waals surface area contributed by atoms with E-state index < -0.39 is 18.4 Å². The highest BCUT2D eigenvalue weighted by Crippen LogP contribution is 2.23. The van der Waals surface area contributed by atoms with Crippen molar-refractivity contribution in [1.82, 2.24) is 0 Å². The third kappa shape index (κ3) is 6.09. The predicted octanol–water partition coefficient (Wildman–Crippen LogP) is 1.67. The molecule has 1 unspecified atom stereocenters. The molecule has 0 radical (unpaired) electrons. The van der Waals surface area contributed by atoms with E-state index in [2.05, 4.69) is 29.9 Å². The van der Waals surface area contributed by atoms with Crippen LogP contribution in [0.3, 0.4) is 0 Å². The monoisotopic (exact) mass is 251 g/mol. The number of nitrogens with two attached hydrogens (primary N) is 1. The second-order valence-electron chi connectivity index (χ2n) is 4.67. The Kier molecular flexibility index (Phi) is 5.18. The summed E-state index contributed by atoms with van der Waals surface area (Å²) in [5.74, 6) is 0.0972. The topological polar surface area (TPSA) is 69.4 Å². The number of allylic oxidation sites excluding steroid dienone is 1. The SMILES string of the molecule is C/C=C(\C(C)COS(N)(=O)=O)[Si](C)(C)C. The fraction of sp³-hybridized carbons (Fsp3) is 0.778. The lowest BCUT2D eigenvalue weighted by atomic mass is 10.2. The fourth-order valence-electron chi connectivity index (χ4n) is 1.74. The molecule has 0 amide bonds. The lowest BCUT2D eigenvalue weighted by Gasteiger charge is -2.26. The van der Waals surface area contributed by atoms with Crippen LogP contribution in [0.25, 0.3) is 0 Å². The second kappa shape index (κ2) is 5.24. The van der Waals surface area contributed by atoms with Gasteiger partial charge < -0.3 is 0 Å². The summed E-state index contributed by atoms with van der Waals surface area (Å²) in [7, 11) is -5.22. The van der Waals surface area contributed by atoms with E-state index in [0.29, 0.717) is 0 Å². The van der Waals surface area contributed by atoms with Crippen LogP contribution in [-0.2, 0) is 14.5 Å². The summed E-state index contributed by atoms with van der Waals surface area (Å²) >= 11 is 0. The van der Waals surface area contributed by atoms with Gasteiger partial charge in [0.2, 0.25) is 0 Å². The summed E-state index contributed by atoms with van der Waals surface area (Å²) in [5.41, 5.74) is 0. The molecule has 0 aromatic rings. The molecule has 0 saturated carbocycles. The van der Waals surface area contributed by atoms with Crippen LogP contribution < -0.4 is 5.14 Å². The zero-order valence-corrected chi connectivity index (χ0v) is 11.9. The van der Waals surface area contributed by atoms with Gasteiger partial charge in [-0.2, -0.15) is 8.42 Å². The third-order valence-electron chi connectivity index (χ3n) is 2.19. The Balaban J connectivity index is 4.52. The van der Waals surface area contributed by atoms with Crippen LogP contribution in [0, 0.1) is 5.92 Å². The van der Waals surface area contributed by atoms with E-state index >= 15 is 0 Å². The van der Waals surface area contributed by atoms with E-state index in [0.717, 1.165) is 0 Å². The first-order valence-electron chi connectivity index (χ1n) is 4.91. The van der Waals surface area contributed by atoms with Crippen molar-refractivity contribution < 1.29 is 12.6 Å². The summed E-state index contributed by atoms with van der Waals surface area (Å²) in [5, 5.41) is 6.07. The normalized spacial score (nSPS) is 16.5. The minimum atomic E-state index is -3.82. The first kappa shape index (κ1) is 14.8. The van der Waals surface area contributed by atoms with E-state index in [9.17, 15) is 8.42 Å². The van der Waals surface area contributed by atoms with Crippen molar-refractivity contribution in [1.29, 1.82) is 0 Å². The Labute approximate surface area is 93.8 Å². The molecular formula is C9H21NO3SSi. The second-order valence-corrected chi connectivity index (χ2v) is 11.0. The first-order valence-corrected chi connectivity index (χ1v) is 9.89. The maximum atomic E-state index is 10.6. The van der Waals surface area contributed by atoms with E-state index in [1.54, 1.807) is 0 Å². The predicted molar refractivity (Wildman–Crippen MR) is 65.3 cm³/mol. The molecular weight excluding hydrogens is 230 g/mol. The van der Waals surface area contributed by atoms with Crippen molar-refractivity contribution in [3.63, 3.8) is 0 Å². The molecule has 0 aromatic carbocycles. The number of hydrogen-bond acceptors (Lipinski definition) is 3. The lowest BCUT2D eigenvalue weighted by Crippen LogP contribution is -2.31. The highest BCUT2D eigenvalue weighted by atomic mass is 32.2. The highest BCUT2D eigenvalue weighted by Gasteiger charge is 2.24. The van der Waals surface area contributed by atoms with E-state index in [1.165, 1.54) is 5.20 Å². The molecule has 0 aliphatic heterocycles. The van der Waals surface area contributed by atoms with Gasteiger partial charge in [0.15, 0.2) is 0 Å². The van der Waals surface area contributed by atoms with Crippen LogP contribution in [0.4, 0.5) is 0 Å². The Morgan fingerprint density at radius 3 is 2.20 bits per heavy atom. The largest absolute Gasteiger partial charge is 0.333 e. The quantitative estimate of drug-likeness (QED) is 0.756. The van der Waals surface area contributed by atoms with Gasteiger partial charge in [-0.05, 0) is 12.8 Å². The molecule has 0 aliphatic rings. The average molecular weight is 251 g/mol. The van der Waals surface area contributed by atoms with Gasteiger partial charge in [0, 0.05) is 0 Å². The van der Waals surface area contributed by atoms with Gasteiger partial charge in [0.25, 0.3) is 0 Å². The molecule has 0 aliphatic carbocycles. The zero-order chi connectivity index (χ0) is 12.3.